The number of rotatable bonds is 4. The molecule has 1 aromatic heterocycles. The fourth-order valence-corrected chi connectivity index (χ4v) is 3.30. The van der Waals surface area contributed by atoms with Gasteiger partial charge in [-0.3, -0.25) is 9.89 Å². The second-order valence-corrected chi connectivity index (χ2v) is 6.16. The van der Waals surface area contributed by atoms with Crippen molar-refractivity contribution in [2.75, 3.05) is 13.2 Å². The molecule has 1 saturated heterocycles. The van der Waals surface area contributed by atoms with Gasteiger partial charge in [0.1, 0.15) is 0 Å². The number of hydrogen-bond donors (Lipinski definition) is 2. The van der Waals surface area contributed by atoms with Crippen molar-refractivity contribution in [3.05, 3.63) is 52.8 Å². The fraction of sp³-hybridized carbons (Fsp3) is 0.444. The van der Waals surface area contributed by atoms with Crippen molar-refractivity contribution in [3.63, 3.8) is 0 Å². The van der Waals surface area contributed by atoms with Gasteiger partial charge in [0.15, 0.2) is 0 Å². The predicted octanol–water partition coefficient (Wildman–Crippen LogP) is 2.39. The van der Waals surface area contributed by atoms with Gasteiger partial charge in [0.2, 0.25) is 5.91 Å². The van der Waals surface area contributed by atoms with Crippen molar-refractivity contribution in [1.29, 1.82) is 0 Å². The summed E-state index contributed by atoms with van der Waals surface area (Å²) < 4.78 is 5.49. The molecule has 2 heterocycles. The minimum Gasteiger partial charge on any atom is -0.381 e. The third-order valence-corrected chi connectivity index (χ3v) is 4.81. The van der Waals surface area contributed by atoms with E-state index in [1.54, 1.807) is 0 Å². The molecule has 2 N–H and O–H groups in total. The van der Waals surface area contributed by atoms with E-state index in [1.165, 1.54) is 0 Å². The normalized spacial score (nSPS) is 17.0. The molecule has 1 fully saturated rings. The second kappa shape index (κ2) is 6.54. The first kappa shape index (κ1) is 15.7. The minimum absolute atomic E-state index is 0.0759. The Kier molecular flexibility index (Phi) is 4.48. The lowest BCUT2D eigenvalue weighted by Gasteiger charge is -2.36. The molecular weight excluding hydrogens is 290 g/mol. The molecule has 0 aliphatic carbocycles. The van der Waals surface area contributed by atoms with E-state index in [4.69, 9.17) is 4.74 Å². The monoisotopic (exact) mass is 313 g/mol. The van der Waals surface area contributed by atoms with Gasteiger partial charge in [-0.25, -0.2) is 0 Å². The van der Waals surface area contributed by atoms with E-state index in [0.717, 1.165) is 22.5 Å². The lowest BCUT2D eigenvalue weighted by atomic mass is 9.73. The number of H-pyrrole nitrogens is 1. The zero-order valence-corrected chi connectivity index (χ0v) is 13.7. The Balaban J connectivity index is 1.81. The van der Waals surface area contributed by atoms with Crippen LogP contribution in [0.3, 0.4) is 0 Å². The molecule has 0 saturated carbocycles. The van der Waals surface area contributed by atoms with Crippen LogP contribution in [-0.2, 0) is 21.5 Å². The number of aryl methyl sites for hydroxylation is 2. The summed E-state index contributed by atoms with van der Waals surface area (Å²) in [6.45, 7) is 5.66. The first-order chi connectivity index (χ1) is 11.1. The van der Waals surface area contributed by atoms with E-state index in [9.17, 15) is 4.79 Å². The van der Waals surface area contributed by atoms with Crippen LogP contribution in [-0.4, -0.2) is 29.3 Å². The average molecular weight is 313 g/mol. The Morgan fingerprint density at radius 1 is 1.26 bits per heavy atom. The lowest BCUT2D eigenvalue weighted by molar-refractivity contribution is -0.130. The Labute approximate surface area is 136 Å². The van der Waals surface area contributed by atoms with Crippen LogP contribution in [0.25, 0.3) is 0 Å². The summed E-state index contributed by atoms with van der Waals surface area (Å²) in [5, 5.41) is 10.3. The SMILES string of the molecule is Cc1n[nH]c(C)c1CNC(=O)C1(c2ccccc2)CCOCC1. The minimum atomic E-state index is -0.495. The van der Waals surface area contributed by atoms with Crippen molar-refractivity contribution in [3.8, 4) is 0 Å². The summed E-state index contributed by atoms with van der Waals surface area (Å²) in [4.78, 5) is 13.0. The molecule has 0 unspecified atom stereocenters. The number of carbonyl (C=O) groups is 1. The highest BCUT2D eigenvalue weighted by atomic mass is 16.5. The summed E-state index contributed by atoms with van der Waals surface area (Å²) in [5.41, 5.74) is 3.58. The van der Waals surface area contributed by atoms with Crippen LogP contribution in [0.15, 0.2) is 30.3 Å². The summed E-state index contributed by atoms with van der Waals surface area (Å²) in [6.07, 6.45) is 1.43. The topological polar surface area (TPSA) is 67.0 Å². The number of benzene rings is 1. The van der Waals surface area contributed by atoms with Gasteiger partial charge < -0.3 is 10.1 Å². The Morgan fingerprint density at radius 2 is 1.96 bits per heavy atom. The van der Waals surface area contributed by atoms with Crippen LogP contribution >= 0.6 is 0 Å². The maximum Gasteiger partial charge on any atom is 0.231 e. The molecule has 5 heteroatoms. The molecule has 0 radical (unpaired) electrons. The summed E-state index contributed by atoms with van der Waals surface area (Å²) in [7, 11) is 0. The Morgan fingerprint density at radius 3 is 2.57 bits per heavy atom. The van der Waals surface area contributed by atoms with Gasteiger partial charge in [0.25, 0.3) is 0 Å². The van der Waals surface area contributed by atoms with Gasteiger partial charge in [-0.15, -0.1) is 0 Å². The van der Waals surface area contributed by atoms with E-state index in [2.05, 4.69) is 15.5 Å². The van der Waals surface area contributed by atoms with E-state index in [0.29, 0.717) is 32.6 Å². The van der Waals surface area contributed by atoms with Crippen LogP contribution in [0.1, 0.15) is 35.4 Å². The number of nitrogens with zero attached hydrogens (tertiary/aromatic N) is 1. The highest BCUT2D eigenvalue weighted by Gasteiger charge is 2.41. The molecule has 2 aromatic rings. The van der Waals surface area contributed by atoms with Gasteiger partial charge in [0.05, 0.1) is 11.1 Å². The smallest absolute Gasteiger partial charge is 0.231 e. The maximum atomic E-state index is 13.0. The van der Waals surface area contributed by atoms with Crippen molar-refractivity contribution in [2.45, 2.75) is 38.6 Å². The molecule has 1 aliphatic heterocycles. The number of amides is 1. The second-order valence-electron chi connectivity index (χ2n) is 6.16. The molecule has 5 nitrogen and oxygen atoms in total. The lowest BCUT2D eigenvalue weighted by Crippen LogP contribution is -2.47. The number of nitrogens with one attached hydrogen (secondary N) is 2. The standard InChI is InChI=1S/C18H23N3O2/c1-13-16(14(2)21-20-13)12-19-17(22)18(8-10-23-11-9-18)15-6-4-3-5-7-15/h3-7H,8-12H2,1-2H3,(H,19,22)(H,20,21). The zero-order valence-electron chi connectivity index (χ0n) is 13.7. The van der Waals surface area contributed by atoms with Crippen LogP contribution < -0.4 is 5.32 Å². The van der Waals surface area contributed by atoms with Crippen molar-refractivity contribution in [1.82, 2.24) is 15.5 Å². The Hall–Kier alpha value is -2.14. The van der Waals surface area contributed by atoms with Gasteiger partial charge in [-0.2, -0.15) is 5.10 Å². The largest absolute Gasteiger partial charge is 0.381 e. The molecule has 1 amide bonds. The fourth-order valence-electron chi connectivity index (χ4n) is 3.30. The Bertz CT molecular complexity index is 653. The van der Waals surface area contributed by atoms with Gasteiger partial charge in [-0.1, -0.05) is 30.3 Å². The number of carbonyl (C=O) groups excluding carboxylic acids is 1. The van der Waals surface area contributed by atoms with Gasteiger partial charge in [-0.05, 0) is 32.3 Å². The summed E-state index contributed by atoms with van der Waals surface area (Å²) >= 11 is 0. The van der Waals surface area contributed by atoms with Gasteiger partial charge in [0, 0.05) is 31.0 Å². The molecule has 0 atom stereocenters. The molecule has 122 valence electrons. The van der Waals surface area contributed by atoms with Gasteiger partial charge >= 0.3 is 0 Å². The zero-order chi connectivity index (χ0) is 16.3. The van der Waals surface area contributed by atoms with E-state index in [1.807, 2.05) is 44.2 Å². The molecule has 0 spiro atoms. The summed E-state index contributed by atoms with van der Waals surface area (Å²) in [5.74, 6) is 0.0759. The molecule has 1 aromatic carbocycles. The van der Waals surface area contributed by atoms with E-state index >= 15 is 0 Å². The van der Waals surface area contributed by atoms with Crippen LogP contribution in [0.2, 0.25) is 0 Å². The third kappa shape index (κ3) is 3.01. The van der Waals surface area contributed by atoms with E-state index < -0.39 is 5.41 Å². The number of ether oxygens (including phenoxy) is 1. The first-order valence-corrected chi connectivity index (χ1v) is 8.05. The molecule has 0 bridgehead atoms. The van der Waals surface area contributed by atoms with Crippen molar-refractivity contribution < 1.29 is 9.53 Å². The maximum absolute atomic E-state index is 13.0. The number of aromatic amines is 1. The average Bonchev–Trinajstić information content (AvgIpc) is 2.92. The highest BCUT2D eigenvalue weighted by Crippen LogP contribution is 2.35. The molecule has 3 rings (SSSR count). The van der Waals surface area contributed by atoms with E-state index in [-0.39, 0.29) is 5.91 Å². The van der Waals surface area contributed by atoms with Crippen LogP contribution in [0.5, 0.6) is 0 Å². The van der Waals surface area contributed by atoms with Crippen LogP contribution in [0.4, 0.5) is 0 Å². The molecule has 23 heavy (non-hydrogen) atoms. The van der Waals surface area contributed by atoms with Crippen LogP contribution in [0, 0.1) is 13.8 Å². The third-order valence-electron chi connectivity index (χ3n) is 4.81. The number of hydrogen-bond acceptors (Lipinski definition) is 3. The summed E-state index contributed by atoms with van der Waals surface area (Å²) in [6, 6.07) is 10.0. The predicted molar refractivity (Wildman–Crippen MR) is 88.1 cm³/mol. The van der Waals surface area contributed by atoms with Crippen molar-refractivity contribution in [2.24, 2.45) is 0 Å². The number of aromatic nitrogens is 2. The molecule has 1 aliphatic rings. The quantitative estimate of drug-likeness (QED) is 0.911. The molecular formula is C18H23N3O2. The highest BCUT2D eigenvalue weighted by molar-refractivity contribution is 5.88. The first-order valence-electron chi connectivity index (χ1n) is 8.05. The van der Waals surface area contributed by atoms with Crippen molar-refractivity contribution >= 4 is 5.91 Å².